The van der Waals surface area contributed by atoms with Gasteiger partial charge in [0, 0.05) is 12.0 Å². The fourth-order valence-corrected chi connectivity index (χ4v) is 2.48. The standard InChI is InChI=1S/C12H9FN2O5/c13-5-1-2-7-6(3-5)12(4-8(20-7)9(16)17)10(18)14-11(19)15-12/h1-3,8H,4H2,(H,16,17)(H2,14,15,18,19)/t8-,12+/m1/s1. The van der Waals surface area contributed by atoms with Crippen LogP contribution in [0.15, 0.2) is 18.2 Å². The molecule has 0 aliphatic carbocycles. The van der Waals surface area contributed by atoms with Crippen molar-refractivity contribution in [3.05, 3.63) is 29.6 Å². The molecule has 2 atom stereocenters. The average Bonchev–Trinajstić information content (AvgIpc) is 2.65. The third-order valence-electron chi connectivity index (χ3n) is 3.38. The van der Waals surface area contributed by atoms with E-state index in [1.807, 2.05) is 5.32 Å². The van der Waals surface area contributed by atoms with E-state index in [0.29, 0.717) is 0 Å². The molecule has 3 rings (SSSR count). The van der Waals surface area contributed by atoms with Crippen molar-refractivity contribution >= 4 is 17.9 Å². The molecule has 0 unspecified atom stereocenters. The summed E-state index contributed by atoms with van der Waals surface area (Å²) < 4.78 is 18.6. The quantitative estimate of drug-likeness (QED) is 0.633. The van der Waals surface area contributed by atoms with Crippen LogP contribution in [0.5, 0.6) is 5.75 Å². The fourth-order valence-electron chi connectivity index (χ4n) is 2.48. The van der Waals surface area contributed by atoms with Crippen LogP contribution in [-0.2, 0) is 15.1 Å². The largest absolute Gasteiger partial charge is 0.479 e. The number of urea groups is 1. The van der Waals surface area contributed by atoms with Crippen molar-refractivity contribution in [2.75, 3.05) is 0 Å². The monoisotopic (exact) mass is 280 g/mol. The minimum atomic E-state index is -1.62. The van der Waals surface area contributed by atoms with E-state index in [1.165, 1.54) is 6.07 Å². The molecule has 104 valence electrons. The molecule has 2 heterocycles. The van der Waals surface area contributed by atoms with Gasteiger partial charge in [0.1, 0.15) is 11.6 Å². The molecule has 0 radical (unpaired) electrons. The van der Waals surface area contributed by atoms with Crippen LogP contribution in [0.2, 0.25) is 0 Å². The Morgan fingerprint density at radius 1 is 1.45 bits per heavy atom. The number of hydrogen-bond acceptors (Lipinski definition) is 4. The molecule has 7 nitrogen and oxygen atoms in total. The summed E-state index contributed by atoms with van der Waals surface area (Å²) in [5.74, 6) is -2.55. The van der Waals surface area contributed by atoms with E-state index in [4.69, 9.17) is 9.84 Å². The molecule has 2 aliphatic rings. The lowest BCUT2D eigenvalue weighted by molar-refractivity contribution is -0.147. The number of carbonyl (C=O) groups is 3. The summed E-state index contributed by atoms with van der Waals surface area (Å²) in [6.45, 7) is 0. The maximum Gasteiger partial charge on any atom is 0.345 e. The SMILES string of the molecule is O=C1NC(=O)[C@@]2(C[C@H](C(=O)O)Oc3ccc(F)cc32)N1. The summed E-state index contributed by atoms with van der Waals surface area (Å²) in [4.78, 5) is 34.5. The van der Waals surface area contributed by atoms with Crippen LogP contribution in [-0.4, -0.2) is 29.1 Å². The molecule has 3 amide bonds. The first-order valence-electron chi connectivity index (χ1n) is 5.75. The van der Waals surface area contributed by atoms with E-state index < -0.39 is 35.4 Å². The number of carboxylic acids is 1. The van der Waals surface area contributed by atoms with Crippen molar-refractivity contribution < 1.29 is 28.6 Å². The van der Waals surface area contributed by atoms with E-state index >= 15 is 0 Å². The molecule has 8 heteroatoms. The predicted molar refractivity (Wildman–Crippen MR) is 61.4 cm³/mol. The third-order valence-corrected chi connectivity index (χ3v) is 3.38. The van der Waals surface area contributed by atoms with Gasteiger partial charge >= 0.3 is 12.0 Å². The highest BCUT2D eigenvalue weighted by atomic mass is 19.1. The van der Waals surface area contributed by atoms with Crippen LogP contribution < -0.4 is 15.4 Å². The first-order chi connectivity index (χ1) is 9.42. The van der Waals surface area contributed by atoms with Crippen LogP contribution >= 0.6 is 0 Å². The number of hydrogen-bond donors (Lipinski definition) is 3. The molecule has 1 aromatic rings. The number of fused-ring (bicyclic) bond motifs is 2. The van der Waals surface area contributed by atoms with E-state index in [2.05, 4.69) is 5.32 Å². The van der Waals surface area contributed by atoms with E-state index in [1.54, 1.807) is 0 Å². The van der Waals surface area contributed by atoms with Crippen LogP contribution in [0, 0.1) is 5.82 Å². The summed E-state index contributed by atoms with van der Waals surface area (Å²) in [6.07, 6.45) is -1.62. The van der Waals surface area contributed by atoms with Gasteiger partial charge in [0.05, 0.1) is 0 Å². The Morgan fingerprint density at radius 2 is 2.20 bits per heavy atom. The van der Waals surface area contributed by atoms with Gasteiger partial charge in [-0.1, -0.05) is 0 Å². The van der Waals surface area contributed by atoms with Gasteiger partial charge in [0.15, 0.2) is 11.6 Å². The first-order valence-corrected chi connectivity index (χ1v) is 5.75. The Morgan fingerprint density at radius 3 is 2.80 bits per heavy atom. The smallest absolute Gasteiger partial charge is 0.345 e. The Labute approximate surface area is 111 Å². The second-order valence-corrected chi connectivity index (χ2v) is 4.60. The number of nitrogens with one attached hydrogen (secondary N) is 2. The number of benzene rings is 1. The van der Waals surface area contributed by atoms with Crippen LogP contribution in [0.25, 0.3) is 0 Å². The number of amides is 3. The lowest BCUT2D eigenvalue weighted by atomic mass is 9.82. The van der Waals surface area contributed by atoms with Crippen LogP contribution in [0.3, 0.4) is 0 Å². The first kappa shape index (κ1) is 12.4. The highest BCUT2D eigenvalue weighted by molar-refractivity contribution is 6.08. The van der Waals surface area contributed by atoms with Gasteiger partial charge in [0.2, 0.25) is 0 Å². The summed E-state index contributed by atoms with van der Waals surface area (Å²) in [5.41, 5.74) is -1.51. The van der Waals surface area contributed by atoms with Gasteiger partial charge in [-0.25, -0.2) is 14.0 Å². The zero-order valence-corrected chi connectivity index (χ0v) is 9.97. The van der Waals surface area contributed by atoms with Gasteiger partial charge in [-0.2, -0.15) is 0 Å². The van der Waals surface area contributed by atoms with Crippen LogP contribution in [0.1, 0.15) is 12.0 Å². The van der Waals surface area contributed by atoms with Gasteiger partial charge in [-0.15, -0.1) is 0 Å². The Balaban J connectivity index is 2.18. The molecule has 3 N–H and O–H groups in total. The second kappa shape index (κ2) is 3.92. The van der Waals surface area contributed by atoms with Crippen molar-refractivity contribution in [1.29, 1.82) is 0 Å². The lowest BCUT2D eigenvalue weighted by Crippen LogP contribution is -2.52. The molecule has 0 aromatic heterocycles. The maximum atomic E-state index is 13.4. The van der Waals surface area contributed by atoms with Crippen LogP contribution in [0.4, 0.5) is 9.18 Å². The number of imide groups is 1. The Bertz CT molecular complexity index is 647. The third kappa shape index (κ3) is 1.61. The van der Waals surface area contributed by atoms with Crippen molar-refractivity contribution in [2.24, 2.45) is 0 Å². The highest BCUT2D eigenvalue weighted by Gasteiger charge is 2.54. The van der Waals surface area contributed by atoms with E-state index in [-0.39, 0.29) is 17.7 Å². The molecule has 0 saturated carbocycles. The van der Waals surface area contributed by atoms with Gasteiger partial charge in [-0.3, -0.25) is 10.1 Å². The number of aliphatic carboxylic acids is 1. The summed E-state index contributed by atoms with van der Waals surface area (Å²) in [6, 6.07) is 2.62. The van der Waals surface area contributed by atoms with Crippen molar-refractivity contribution in [3.63, 3.8) is 0 Å². The topological polar surface area (TPSA) is 105 Å². The number of ether oxygens (including phenoxy) is 1. The lowest BCUT2D eigenvalue weighted by Gasteiger charge is -2.35. The minimum absolute atomic E-state index is 0.0578. The second-order valence-electron chi connectivity index (χ2n) is 4.60. The Kier molecular flexibility index (Phi) is 2.43. The fraction of sp³-hybridized carbons (Fsp3) is 0.250. The molecule has 20 heavy (non-hydrogen) atoms. The normalized spacial score (nSPS) is 27.6. The van der Waals surface area contributed by atoms with Crippen molar-refractivity contribution in [1.82, 2.24) is 10.6 Å². The molecule has 1 aromatic carbocycles. The molecular weight excluding hydrogens is 271 g/mol. The molecular formula is C12H9FN2O5. The van der Waals surface area contributed by atoms with Crippen molar-refractivity contribution in [3.8, 4) is 5.75 Å². The summed E-state index contributed by atoms with van der Waals surface area (Å²) >= 11 is 0. The number of rotatable bonds is 1. The predicted octanol–water partition coefficient (Wildman–Crippen LogP) is 0.0961. The minimum Gasteiger partial charge on any atom is -0.479 e. The maximum absolute atomic E-state index is 13.4. The number of carbonyl (C=O) groups excluding carboxylic acids is 2. The average molecular weight is 280 g/mol. The van der Waals surface area contributed by atoms with E-state index in [0.717, 1.165) is 12.1 Å². The molecule has 1 fully saturated rings. The van der Waals surface area contributed by atoms with Gasteiger partial charge < -0.3 is 15.2 Å². The zero-order chi connectivity index (χ0) is 14.5. The summed E-state index contributed by atoms with van der Waals surface area (Å²) in [7, 11) is 0. The number of halogens is 1. The van der Waals surface area contributed by atoms with E-state index in [9.17, 15) is 18.8 Å². The number of carboxylic acid groups (broad SMARTS) is 1. The highest BCUT2D eigenvalue weighted by Crippen LogP contribution is 2.41. The van der Waals surface area contributed by atoms with Gasteiger partial charge in [0.25, 0.3) is 5.91 Å². The van der Waals surface area contributed by atoms with Crippen molar-refractivity contribution in [2.45, 2.75) is 18.1 Å². The Hall–Kier alpha value is -2.64. The molecule has 2 aliphatic heterocycles. The molecule has 1 spiro atoms. The van der Waals surface area contributed by atoms with Gasteiger partial charge in [-0.05, 0) is 18.2 Å². The zero-order valence-electron chi connectivity index (χ0n) is 9.97. The summed E-state index contributed by atoms with van der Waals surface area (Å²) in [5, 5.41) is 13.5. The molecule has 1 saturated heterocycles. The molecule has 0 bridgehead atoms.